The van der Waals surface area contributed by atoms with Crippen LogP contribution in [-0.2, 0) is 14.8 Å². The lowest BCUT2D eigenvalue weighted by atomic mass is 10.1. The minimum atomic E-state index is -4.10. The number of aryl methyl sites for hydroxylation is 1. The van der Waals surface area contributed by atoms with E-state index in [9.17, 15) is 18.0 Å². The molecule has 3 heterocycles. The van der Waals surface area contributed by atoms with Crippen LogP contribution in [0.15, 0.2) is 47.4 Å². The Morgan fingerprint density at radius 3 is 2.51 bits per heavy atom. The number of amides is 2. The minimum Gasteiger partial charge on any atom is -0.349 e. The van der Waals surface area contributed by atoms with Gasteiger partial charge in [-0.15, -0.1) is 23.7 Å². The lowest BCUT2D eigenvalue weighted by molar-refractivity contribution is -0.134. The number of carbonyl (C=O) groups excluding carboxylic acids is 2. The molecule has 14 heteroatoms. The zero-order valence-corrected chi connectivity index (χ0v) is 23.4. The van der Waals surface area contributed by atoms with E-state index in [0.717, 1.165) is 17.0 Å². The summed E-state index contributed by atoms with van der Waals surface area (Å²) in [6.45, 7) is 3.93. The Morgan fingerprint density at radius 2 is 1.89 bits per heavy atom. The summed E-state index contributed by atoms with van der Waals surface area (Å²) in [6, 6.07) is 10.1. The molecule has 1 aliphatic heterocycles. The van der Waals surface area contributed by atoms with E-state index in [-0.39, 0.29) is 23.8 Å². The van der Waals surface area contributed by atoms with Gasteiger partial charge in [-0.3, -0.25) is 14.7 Å². The van der Waals surface area contributed by atoms with Crippen LogP contribution in [0, 0.1) is 6.92 Å². The van der Waals surface area contributed by atoms with E-state index >= 15 is 0 Å². The number of piperazine rings is 1. The smallest absolute Gasteiger partial charge is 0.261 e. The quantitative estimate of drug-likeness (QED) is 0.372. The van der Waals surface area contributed by atoms with Crippen LogP contribution >= 0.6 is 35.3 Å². The predicted molar refractivity (Wildman–Crippen MR) is 146 cm³/mol. The van der Waals surface area contributed by atoms with Gasteiger partial charge in [0.15, 0.2) is 0 Å². The van der Waals surface area contributed by atoms with Crippen molar-refractivity contribution in [2.24, 2.45) is 0 Å². The normalized spacial score (nSPS) is 15.2. The van der Waals surface area contributed by atoms with Crippen molar-refractivity contribution in [3.8, 4) is 11.3 Å². The van der Waals surface area contributed by atoms with E-state index in [1.165, 1.54) is 12.1 Å². The van der Waals surface area contributed by atoms with Gasteiger partial charge in [0.25, 0.3) is 5.91 Å². The van der Waals surface area contributed by atoms with Gasteiger partial charge in [0.2, 0.25) is 15.9 Å². The summed E-state index contributed by atoms with van der Waals surface area (Å²) in [5, 5.41) is 9.69. The van der Waals surface area contributed by atoms with E-state index in [1.54, 1.807) is 29.2 Å². The molecule has 1 atom stereocenters. The molecular weight excluding hydrogens is 559 g/mol. The van der Waals surface area contributed by atoms with Crippen LogP contribution in [0.1, 0.15) is 15.4 Å². The molecule has 0 bridgehead atoms. The zero-order valence-electron chi connectivity index (χ0n) is 20.2. The second kappa shape index (κ2) is 12.4. The number of halogens is 2. The number of hydrogen-bond donors (Lipinski definition) is 3. The molecular formula is C23H28Cl2N6O4S2. The molecule has 200 valence electrons. The summed E-state index contributed by atoms with van der Waals surface area (Å²) >= 11 is 7.02. The number of aromatic amines is 1. The fourth-order valence-corrected chi connectivity index (χ4v) is 5.98. The molecule has 0 saturated carbocycles. The number of aromatic nitrogens is 2. The topological polar surface area (TPSA) is 128 Å². The highest BCUT2D eigenvalue weighted by atomic mass is 35.5. The molecule has 10 nitrogen and oxygen atoms in total. The lowest BCUT2D eigenvalue weighted by Gasteiger charge is -2.34. The summed E-state index contributed by atoms with van der Waals surface area (Å²) in [5.41, 5.74) is 2.07. The summed E-state index contributed by atoms with van der Waals surface area (Å²) in [7, 11) is -2.14. The number of benzene rings is 1. The van der Waals surface area contributed by atoms with Crippen molar-refractivity contribution in [2.75, 3.05) is 39.8 Å². The summed E-state index contributed by atoms with van der Waals surface area (Å²) in [6.07, 6.45) is 0. The zero-order chi connectivity index (χ0) is 25.9. The Bertz CT molecular complexity index is 1350. The van der Waals surface area contributed by atoms with E-state index in [2.05, 4.69) is 25.1 Å². The van der Waals surface area contributed by atoms with Gasteiger partial charge in [0, 0.05) is 44.0 Å². The first kappa shape index (κ1) is 29.1. The molecule has 1 saturated heterocycles. The van der Waals surface area contributed by atoms with Crippen molar-refractivity contribution in [1.82, 2.24) is 30.0 Å². The second-order valence-corrected chi connectivity index (χ2v) is 12.0. The second-order valence-electron chi connectivity index (χ2n) is 8.58. The number of thiophene rings is 1. The van der Waals surface area contributed by atoms with E-state index in [0.29, 0.717) is 46.6 Å². The van der Waals surface area contributed by atoms with Crippen LogP contribution in [0.5, 0.6) is 0 Å². The van der Waals surface area contributed by atoms with Crippen LogP contribution in [0.25, 0.3) is 11.3 Å². The number of nitrogens with zero attached hydrogens (tertiary/aromatic N) is 3. The van der Waals surface area contributed by atoms with Gasteiger partial charge in [-0.1, -0.05) is 23.7 Å². The molecule has 0 aliphatic carbocycles. The average molecular weight is 588 g/mol. The Balaban J connectivity index is 0.00000380. The summed E-state index contributed by atoms with van der Waals surface area (Å²) in [4.78, 5) is 30.0. The average Bonchev–Trinajstić information content (AvgIpc) is 3.50. The maximum absolute atomic E-state index is 13.4. The van der Waals surface area contributed by atoms with Gasteiger partial charge >= 0.3 is 0 Å². The Labute approximate surface area is 230 Å². The highest BCUT2D eigenvalue weighted by molar-refractivity contribution is 7.89. The molecule has 37 heavy (non-hydrogen) atoms. The van der Waals surface area contributed by atoms with Crippen LogP contribution in [0.2, 0.25) is 4.34 Å². The molecule has 3 N–H and O–H groups in total. The highest BCUT2D eigenvalue weighted by Gasteiger charge is 2.31. The van der Waals surface area contributed by atoms with Gasteiger partial charge in [-0.2, -0.15) is 9.82 Å². The Kier molecular flexibility index (Phi) is 9.73. The Morgan fingerprint density at radius 1 is 1.16 bits per heavy atom. The third-order valence-corrected chi connectivity index (χ3v) is 8.52. The van der Waals surface area contributed by atoms with E-state index in [1.807, 2.05) is 20.0 Å². The largest absolute Gasteiger partial charge is 0.349 e. The van der Waals surface area contributed by atoms with Gasteiger partial charge in [-0.05, 0) is 44.3 Å². The van der Waals surface area contributed by atoms with Crippen molar-refractivity contribution < 1.29 is 18.0 Å². The fraction of sp³-hybridized carbons (Fsp3) is 0.348. The number of carbonyl (C=O) groups is 2. The van der Waals surface area contributed by atoms with Crippen molar-refractivity contribution in [3.63, 3.8) is 0 Å². The molecule has 3 aromatic rings. The predicted octanol–water partition coefficient (Wildman–Crippen LogP) is 2.37. The number of likely N-dealkylation sites (N-methyl/N-ethyl adjacent to an activating group) is 1. The monoisotopic (exact) mass is 586 g/mol. The standard InChI is InChI=1S/C23H27ClN6O4S2.ClH/c1-15-12-18(27-26-15)16-4-3-5-17(13-16)36(33,34)28-19(23(32)30-10-8-29(2)9-11-30)14-25-22(31)20-6-7-21(24)35-20;/h3-7,12-13,19,28H,8-11,14H2,1-2H3,(H,25,31)(H,26,27);1H/t19-;/m0./s1. The third kappa shape index (κ3) is 7.30. The molecule has 4 rings (SSSR count). The molecule has 2 amide bonds. The maximum atomic E-state index is 13.4. The van der Waals surface area contributed by atoms with Crippen LogP contribution in [0.4, 0.5) is 0 Å². The highest BCUT2D eigenvalue weighted by Crippen LogP contribution is 2.22. The first-order chi connectivity index (χ1) is 17.1. The third-order valence-electron chi connectivity index (χ3n) is 5.82. The number of H-pyrrole nitrogens is 1. The Hall–Kier alpha value is -2.48. The van der Waals surface area contributed by atoms with Crippen molar-refractivity contribution >= 4 is 57.2 Å². The number of sulfonamides is 1. The van der Waals surface area contributed by atoms with E-state index < -0.39 is 27.9 Å². The number of rotatable bonds is 8. The van der Waals surface area contributed by atoms with Gasteiger partial charge < -0.3 is 15.1 Å². The molecule has 0 spiro atoms. The first-order valence-corrected chi connectivity index (χ1v) is 14.0. The van der Waals surface area contributed by atoms with Gasteiger partial charge in [0.05, 0.1) is 19.8 Å². The fourth-order valence-electron chi connectivity index (χ4n) is 3.79. The van der Waals surface area contributed by atoms with Crippen molar-refractivity contribution in [2.45, 2.75) is 17.9 Å². The first-order valence-electron chi connectivity index (χ1n) is 11.3. The molecule has 1 aromatic carbocycles. The molecule has 0 unspecified atom stereocenters. The van der Waals surface area contributed by atoms with Crippen molar-refractivity contribution in [1.29, 1.82) is 0 Å². The number of nitrogens with one attached hydrogen (secondary N) is 3. The summed E-state index contributed by atoms with van der Waals surface area (Å²) in [5.74, 6) is -0.826. The van der Waals surface area contributed by atoms with Crippen LogP contribution in [0.3, 0.4) is 0 Å². The molecule has 2 aromatic heterocycles. The lowest BCUT2D eigenvalue weighted by Crippen LogP contribution is -2.57. The van der Waals surface area contributed by atoms with Crippen LogP contribution < -0.4 is 10.0 Å². The van der Waals surface area contributed by atoms with Gasteiger partial charge in [0.1, 0.15) is 6.04 Å². The van der Waals surface area contributed by atoms with Crippen molar-refractivity contribution in [3.05, 3.63) is 57.4 Å². The summed E-state index contributed by atoms with van der Waals surface area (Å²) < 4.78 is 29.7. The van der Waals surface area contributed by atoms with Crippen LogP contribution in [-0.4, -0.2) is 86.0 Å². The maximum Gasteiger partial charge on any atom is 0.261 e. The minimum absolute atomic E-state index is 0. The molecule has 1 aliphatic rings. The molecule has 1 fully saturated rings. The SMILES string of the molecule is Cc1cc(-c2cccc(S(=O)(=O)N[C@@H](CNC(=O)c3ccc(Cl)s3)C(=O)N3CCN(C)CC3)c2)n[nH]1.Cl. The molecule has 0 radical (unpaired) electrons. The van der Waals surface area contributed by atoms with Gasteiger partial charge in [-0.25, -0.2) is 8.42 Å². The van der Waals surface area contributed by atoms with E-state index in [4.69, 9.17) is 11.6 Å². The number of hydrogen-bond acceptors (Lipinski definition) is 7.